The molecule has 0 saturated heterocycles. The fraction of sp³-hybridized carbons (Fsp3) is 0.154. The zero-order valence-electron chi connectivity index (χ0n) is 18.6. The standard InChI is InChI=1S/C26H23F2N3O2S/c1-16(29-2)25(32)30-22-10-11-23(18-6-8-20(27)9-7-18)31(26(22)33)14-17-4-3-5-19(12-17)24-13-21(28)15-34-24/h3-13,15-16,29H,14H2,1-2H3,(H,30,32). The van der Waals surface area contributed by atoms with Crippen molar-refractivity contribution in [1.82, 2.24) is 9.88 Å². The lowest BCUT2D eigenvalue weighted by atomic mass is 10.1. The number of halogens is 2. The summed E-state index contributed by atoms with van der Waals surface area (Å²) < 4.78 is 28.6. The molecular weight excluding hydrogens is 456 g/mol. The minimum atomic E-state index is -0.479. The predicted octanol–water partition coefficient (Wildman–Crippen LogP) is 5.12. The van der Waals surface area contributed by atoms with Crippen molar-refractivity contribution in [2.75, 3.05) is 12.4 Å². The molecule has 34 heavy (non-hydrogen) atoms. The Morgan fingerprint density at radius 3 is 2.44 bits per heavy atom. The third-order valence-electron chi connectivity index (χ3n) is 5.52. The molecule has 0 spiro atoms. The van der Waals surface area contributed by atoms with Crippen LogP contribution in [0, 0.1) is 11.6 Å². The molecule has 0 saturated carbocycles. The first kappa shape index (κ1) is 23.5. The van der Waals surface area contributed by atoms with Gasteiger partial charge in [-0.1, -0.05) is 18.2 Å². The maximum atomic E-state index is 13.5. The van der Waals surface area contributed by atoms with Crippen LogP contribution < -0.4 is 16.2 Å². The average Bonchev–Trinajstić information content (AvgIpc) is 3.28. The van der Waals surface area contributed by atoms with Crippen LogP contribution in [0.4, 0.5) is 14.5 Å². The first-order valence-electron chi connectivity index (χ1n) is 10.7. The van der Waals surface area contributed by atoms with Crippen molar-refractivity contribution in [2.24, 2.45) is 0 Å². The quantitative estimate of drug-likeness (QED) is 0.387. The summed E-state index contributed by atoms with van der Waals surface area (Å²) in [4.78, 5) is 26.6. The monoisotopic (exact) mass is 479 g/mol. The topological polar surface area (TPSA) is 63.1 Å². The van der Waals surface area contributed by atoms with E-state index in [0.717, 1.165) is 16.0 Å². The van der Waals surface area contributed by atoms with Crippen LogP contribution in [0.3, 0.4) is 0 Å². The number of nitrogens with zero attached hydrogens (tertiary/aromatic N) is 1. The summed E-state index contributed by atoms with van der Waals surface area (Å²) in [7, 11) is 1.66. The normalized spacial score (nSPS) is 11.9. The van der Waals surface area contributed by atoms with Crippen molar-refractivity contribution >= 4 is 22.9 Å². The first-order chi connectivity index (χ1) is 16.4. The highest BCUT2D eigenvalue weighted by atomic mass is 32.1. The second kappa shape index (κ2) is 10.1. The molecule has 0 radical (unpaired) electrons. The van der Waals surface area contributed by atoms with Gasteiger partial charge in [-0.25, -0.2) is 8.78 Å². The number of hydrogen-bond donors (Lipinski definition) is 2. The van der Waals surface area contributed by atoms with Gasteiger partial charge in [0.15, 0.2) is 0 Å². The van der Waals surface area contributed by atoms with Crippen LogP contribution in [0.5, 0.6) is 0 Å². The van der Waals surface area contributed by atoms with Crippen molar-refractivity contribution in [3.8, 4) is 21.7 Å². The molecule has 1 unspecified atom stereocenters. The summed E-state index contributed by atoms with van der Waals surface area (Å²) in [6.45, 7) is 1.90. The molecule has 4 aromatic rings. The van der Waals surface area contributed by atoms with Crippen LogP contribution in [0.2, 0.25) is 0 Å². The Bertz CT molecular complexity index is 1380. The van der Waals surface area contributed by atoms with Gasteiger partial charge in [0.05, 0.1) is 18.3 Å². The van der Waals surface area contributed by atoms with E-state index in [1.165, 1.54) is 34.9 Å². The van der Waals surface area contributed by atoms with Gasteiger partial charge in [0.1, 0.15) is 17.3 Å². The summed E-state index contributed by atoms with van der Waals surface area (Å²) in [5, 5.41) is 6.96. The van der Waals surface area contributed by atoms with E-state index in [2.05, 4.69) is 10.6 Å². The van der Waals surface area contributed by atoms with Gasteiger partial charge in [-0.05, 0) is 79.2 Å². The molecular formula is C26H23F2N3O2S. The van der Waals surface area contributed by atoms with Crippen LogP contribution in [0.25, 0.3) is 21.7 Å². The predicted molar refractivity (Wildman–Crippen MR) is 132 cm³/mol. The van der Waals surface area contributed by atoms with Gasteiger partial charge in [-0.15, -0.1) is 11.3 Å². The number of thiophene rings is 1. The number of carbonyl (C=O) groups is 1. The van der Waals surface area contributed by atoms with Crippen molar-refractivity contribution in [3.63, 3.8) is 0 Å². The highest BCUT2D eigenvalue weighted by Gasteiger charge is 2.16. The van der Waals surface area contributed by atoms with Crippen LogP contribution in [0.15, 0.2) is 76.9 Å². The Labute approximate surface area is 199 Å². The molecule has 2 aromatic carbocycles. The van der Waals surface area contributed by atoms with E-state index in [9.17, 15) is 18.4 Å². The summed E-state index contributed by atoms with van der Waals surface area (Å²) in [6, 6.07) is 17.7. The largest absolute Gasteiger partial charge is 0.320 e. The van der Waals surface area contributed by atoms with Gasteiger partial charge in [0, 0.05) is 10.3 Å². The van der Waals surface area contributed by atoms with Gasteiger partial charge in [0.25, 0.3) is 5.56 Å². The zero-order valence-corrected chi connectivity index (χ0v) is 19.5. The molecule has 0 bridgehead atoms. The molecule has 4 rings (SSSR count). The molecule has 0 aliphatic heterocycles. The fourth-order valence-corrected chi connectivity index (χ4v) is 4.30. The molecule has 1 atom stereocenters. The lowest BCUT2D eigenvalue weighted by molar-refractivity contribution is -0.117. The number of hydrogen-bond acceptors (Lipinski definition) is 4. The number of amides is 1. The van der Waals surface area contributed by atoms with Gasteiger partial charge in [-0.3, -0.25) is 9.59 Å². The molecule has 1 amide bonds. The molecule has 0 aliphatic carbocycles. The molecule has 174 valence electrons. The van der Waals surface area contributed by atoms with E-state index in [-0.39, 0.29) is 35.3 Å². The summed E-state index contributed by atoms with van der Waals surface area (Å²) in [6.07, 6.45) is 0. The van der Waals surface area contributed by atoms with Crippen molar-refractivity contribution < 1.29 is 13.6 Å². The number of likely N-dealkylation sites (N-methyl/N-ethyl adjacent to an activating group) is 1. The van der Waals surface area contributed by atoms with Gasteiger partial charge in [-0.2, -0.15) is 0 Å². The Morgan fingerprint density at radius 2 is 1.76 bits per heavy atom. The Hall–Kier alpha value is -3.62. The van der Waals surface area contributed by atoms with E-state index >= 15 is 0 Å². The smallest absolute Gasteiger partial charge is 0.275 e. The van der Waals surface area contributed by atoms with Crippen LogP contribution in [-0.2, 0) is 11.3 Å². The summed E-state index contributed by atoms with van der Waals surface area (Å²) in [5.74, 6) is -1.000. The average molecular weight is 480 g/mol. The minimum absolute atomic E-state index is 0.148. The number of aromatic nitrogens is 1. The first-order valence-corrected chi connectivity index (χ1v) is 11.5. The molecule has 2 N–H and O–H groups in total. The van der Waals surface area contributed by atoms with E-state index in [0.29, 0.717) is 11.3 Å². The third-order valence-corrected chi connectivity index (χ3v) is 6.47. The fourth-order valence-electron chi connectivity index (χ4n) is 3.55. The molecule has 0 aliphatic rings. The Kier molecular flexibility index (Phi) is 7.00. The van der Waals surface area contributed by atoms with Crippen molar-refractivity contribution in [2.45, 2.75) is 19.5 Å². The summed E-state index contributed by atoms with van der Waals surface area (Å²) in [5.41, 5.74) is 2.67. The lowest BCUT2D eigenvalue weighted by Gasteiger charge is -2.17. The second-order valence-corrected chi connectivity index (χ2v) is 8.77. The van der Waals surface area contributed by atoms with Crippen LogP contribution in [0.1, 0.15) is 12.5 Å². The maximum absolute atomic E-state index is 13.5. The van der Waals surface area contributed by atoms with E-state index in [1.807, 2.05) is 24.3 Å². The lowest BCUT2D eigenvalue weighted by Crippen LogP contribution is -2.37. The zero-order chi connectivity index (χ0) is 24.2. The highest BCUT2D eigenvalue weighted by Crippen LogP contribution is 2.28. The van der Waals surface area contributed by atoms with E-state index in [4.69, 9.17) is 0 Å². The van der Waals surface area contributed by atoms with Crippen LogP contribution in [-0.4, -0.2) is 23.6 Å². The minimum Gasteiger partial charge on any atom is -0.320 e. The number of benzene rings is 2. The van der Waals surface area contributed by atoms with Gasteiger partial charge < -0.3 is 15.2 Å². The Balaban J connectivity index is 1.77. The maximum Gasteiger partial charge on any atom is 0.275 e. The number of rotatable bonds is 7. The number of nitrogens with one attached hydrogen (secondary N) is 2. The van der Waals surface area contributed by atoms with E-state index in [1.54, 1.807) is 42.8 Å². The van der Waals surface area contributed by atoms with Gasteiger partial charge in [0.2, 0.25) is 5.91 Å². The van der Waals surface area contributed by atoms with Crippen LogP contribution >= 0.6 is 11.3 Å². The molecule has 8 heteroatoms. The van der Waals surface area contributed by atoms with E-state index < -0.39 is 6.04 Å². The molecule has 2 aromatic heterocycles. The number of anilines is 1. The third kappa shape index (κ3) is 5.13. The van der Waals surface area contributed by atoms with Crippen molar-refractivity contribution in [3.05, 3.63) is 99.7 Å². The Morgan fingerprint density at radius 1 is 1.00 bits per heavy atom. The molecule has 2 heterocycles. The van der Waals surface area contributed by atoms with Gasteiger partial charge >= 0.3 is 0 Å². The SMILES string of the molecule is CNC(C)C(=O)Nc1ccc(-c2ccc(F)cc2)n(Cc2cccc(-c3cc(F)cs3)c2)c1=O. The molecule has 0 fully saturated rings. The number of carbonyl (C=O) groups excluding carboxylic acids is 1. The highest BCUT2D eigenvalue weighted by molar-refractivity contribution is 7.13. The second-order valence-electron chi connectivity index (χ2n) is 7.86. The summed E-state index contributed by atoms with van der Waals surface area (Å²) >= 11 is 1.30. The van der Waals surface area contributed by atoms with Crippen molar-refractivity contribution in [1.29, 1.82) is 0 Å². The number of pyridine rings is 1. The molecule has 5 nitrogen and oxygen atoms in total.